The Balaban J connectivity index is 2.06. The molecule has 1 fully saturated rings. The van der Waals surface area contributed by atoms with Gasteiger partial charge in [0, 0.05) is 29.2 Å². The van der Waals surface area contributed by atoms with Gasteiger partial charge in [-0.15, -0.1) is 0 Å². The normalized spacial score (nSPS) is 23.3. The third-order valence-electron chi connectivity index (χ3n) is 3.75. The van der Waals surface area contributed by atoms with E-state index >= 15 is 0 Å². The first-order chi connectivity index (χ1) is 8.61. The van der Waals surface area contributed by atoms with Gasteiger partial charge in [-0.3, -0.25) is 0 Å². The monoisotopic (exact) mass is 269 g/mol. The molecule has 2 unspecified atom stereocenters. The first-order valence-electron chi connectivity index (χ1n) is 6.40. The number of nitrogens with one attached hydrogen (secondary N) is 1. The quantitative estimate of drug-likeness (QED) is 0.881. The summed E-state index contributed by atoms with van der Waals surface area (Å²) in [5.41, 5.74) is 0.790. The van der Waals surface area contributed by atoms with Crippen molar-refractivity contribution in [3.63, 3.8) is 0 Å². The summed E-state index contributed by atoms with van der Waals surface area (Å²) >= 11 is 6.01. The van der Waals surface area contributed by atoms with Crippen LogP contribution < -0.4 is 10.1 Å². The molecule has 2 atom stereocenters. The van der Waals surface area contributed by atoms with E-state index in [1.165, 1.54) is 26.4 Å². The fourth-order valence-corrected chi connectivity index (χ4v) is 2.84. The van der Waals surface area contributed by atoms with Gasteiger partial charge in [-0.1, -0.05) is 24.9 Å². The number of phenolic OH excluding ortho intramolecular Hbond substituents is 1. The molecule has 1 aliphatic carbocycles. The van der Waals surface area contributed by atoms with E-state index in [-0.39, 0.29) is 5.75 Å². The lowest BCUT2D eigenvalue weighted by atomic mass is 10.1. The lowest BCUT2D eigenvalue weighted by molar-refractivity contribution is 0.366. The number of methoxy groups -OCH3 is 1. The fourth-order valence-electron chi connectivity index (χ4n) is 2.61. The van der Waals surface area contributed by atoms with Crippen molar-refractivity contribution in [2.24, 2.45) is 5.92 Å². The maximum Gasteiger partial charge on any atom is 0.162 e. The van der Waals surface area contributed by atoms with Crippen molar-refractivity contribution < 1.29 is 9.84 Å². The average Bonchev–Trinajstić information content (AvgIpc) is 2.75. The summed E-state index contributed by atoms with van der Waals surface area (Å²) in [4.78, 5) is 0. The largest absolute Gasteiger partial charge is 0.504 e. The van der Waals surface area contributed by atoms with Gasteiger partial charge in [0.15, 0.2) is 11.5 Å². The van der Waals surface area contributed by atoms with Crippen LogP contribution in [-0.4, -0.2) is 18.3 Å². The minimum absolute atomic E-state index is 0.181. The van der Waals surface area contributed by atoms with Gasteiger partial charge in [-0.25, -0.2) is 0 Å². The molecule has 2 rings (SSSR count). The van der Waals surface area contributed by atoms with E-state index in [1.54, 1.807) is 12.1 Å². The number of hydrogen-bond donors (Lipinski definition) is 2. The van der Waals surface area contributed by atoms with E-state index in [4.69, 9.17) is 16.3 Å². The summed E-state index contributed by atoms with van der Waals surface area (Å²) in [6.07, 6.45) is 3.77. The fraction of sp³-hybridized carbons (Fsp3) is 0.571. The number of rotatable bonds is 4. The molecular formula is C14H20ClNO2. The smallest absolute Gasteiger partial charge is 0.162 e. The highest BCUT2D eigenvalue weighted by Gasteiger charge is 2.23. The highest BCUT2D eigenvalue weighted by molar-refractivity contribution is 6.30. The van der Waals surface area contributed by atoms with Crippen LogP contribution in [0, 0.1) is 5.92 Å². The summed E-state index contributed by atoms with van der Waals surface area (Å²) in [7, 11) is 1.53. The van der Waals surface area contributed by atoms with Crippen LogP contribution in [0.15, 0.2) is 12.1 Å². The minimum Gasteiger partial charge on any atom is -0.504 e. The SMILES string of the molecule is COc1cc(Cl)cc(CNC2CCCC2C)c1O. The molecule has 1 aliphatic rings. The average molecular weight is 270 g/mol. The molecule has 3 nitrogen and oxygen atoms in total. The highest BCUT2D eigenvalue weighted by Crippen LogP contribution is 2.34. The third-order valence-corrected chi connectivity index (χ3v) is 3.97. The van der Waals surface area contributed by atoms with Crippen LogP contribution in [0.25, 0.3) is 0 Å². The number of phenols is 1. The maximum atomic E-state index is 10.0. The summed E-state index contributed by atoms with van der Waals surface area (Å²) in [6.45, 7) is 2.89. The van der Waals surface area contributed by atoms with Gasteiger partial charge in [0.25, 0.3) is 0 Å². The molecule has 1 aromatic rings. The van der Waals surface area contributed by atoms with Gasteiger partial charge in [0.1, 0.15) is 0 Å². The molecule has 0 aliphatic heterocycles. The molecule has 2 N–H and O–H groups in total. The molecule has 0 bridgehead atoms. The molecule has 1 saturated carbocycles. The third kappa shape index (κ3) is 2.90. The Bertz CT molecular complexity index is 423. The van der Waals surface area contributed by atoms with Crippen molar-refractivity contribution in [1.29, 1.82) is 0 Å². The molecule has 1 aromatic carbocycles. The second-order valence-electron chi connectivity index (χ2n) is 5.01. The van der Waals surface area contributed by atoms with E-state index in [1.807, 2.05) is 0 Å². The van der Waals surface area contributed by atoms with E-state index in [0.717, 1.165) is 5.56 Å². The van der Waals surface area contributed by atoms with E-state index < -0.39 is 0 Å². The Morgan fingerprint density at radius 2 is 2.22 bits per heavy atom. The molecule has 0 aromatic heterocycles. The molecule has 0 radical (unpaired) electrons. The molecule has 18 heavy (non-hydrogen) atoms. The maximum absolute atomic E-state index is 10.0. The van der Waals surface area contributed by atoms with Gasteiger partial charge in [-0.05, 0) is 24.8 Å². The van der Waals surface area contributed by atoms with Crippen LogP contribution in [0.3, 0.4) is 0 Å². The minimum atomic E-state index is 0.181. The Labute approximate surface area is 113 Å². The molecule has 0 spiro atoms. The summed E-state index contributed by atoms with van der Waals surface area (Å²) in [5.74, 6) is 1.31. The second-order valence-corrected chi connectivity index (χ2v) is 5.45. The molecule has 0 amide bonds. The van der Waals surface area contributed by atoms with Crippen LogP contribution >= 0.6 is 11.6 Å². The number of hydrogen-bond acceptors (Lipinski definition) is 3. The highest BCUT2D eigenvalue weighted by atomic mass is 35.5. The van der Waals surface area contributed by atoms with E-state index in [2.05, 4.69) is 12.2 Å². The molecule has 0 heterocycles. The van der Waals surface area contributed by atoms with Crippen LogP contribution in [0.5, 0.6) is 11.5 Å². The first kappa shape index (κ1) is 13.5. The molecule has 4 heteroatoms. The predicted octanol–water partition coefficient (Wildman–Crippen LogP) is 3.33. The van der Waals surface area contributed by atoms with Crippen molar-refractivity contribution in [2.75, 3.05) is 7.11 Å². The number of aromatic hydroxyl groups is 1. The lowest BCUT2D eigenvalue weighted by Gasteiger charge is -2.18. The van der Waals surface area contributed by atoms with Crippen LogP contribution in [0.4, 0.5) is 0 Å². The van der Waals surface area contributed by atoms with Crippen LogP contribution in [0.2, 0.25) is 5.02 Å². The van der Waals surface area contributed by atoms with Gasteiger partial charge >= 0.3 is 0 Å². The van der Waals surface area contributed by atoms with Crippen LogP contribution in [-0.2, 0) is 6.54 Å². The first-order valence-corrected chi connectivity index (χ1v) is 6.78. The molecule has 100 valence electrons. The van der Waals surface area contributed by atoms with Gasteiger partial charge in [-0.2, -0.15) is 0 Å². The van der Waals surface area contributed by atoms with Gasteiger partial charge < -0.3 is 15.2 Å². The molecular weight excluding hydrogens is 250 g/mol. The Hall–Kier alpha value is -0.930. The zero-order valence-corrected chi connectivity index (χ0v) is 11.6. The van der Waals surface area contributed by atoms with Crippen LogP contribution in [0.1, 0.15) is 31.7 Å². The van der Waals surface area contributed by atoms with Crippen molar-refractivity contribution in [1.82, 2.24) is 5.32 Å². The van der Waals surface area contributed by atoms with Gasteiger partial charge in [0.05, 0.1) is 7.11 Å². The Morgan fingerprint density at radius 3 is 2.83 bits per heavy atom. The lowest BCUT2D eigenvalue weighted by Crippen LogP contribution is -2.30. The van der Waals surface area contributed by atoms with Crippen molar-refractivity contribution in [3.05, 3.63) is 22.7 Å². The second kappa shape index (κ2) is 5.81. The Kier molecular flexibility index (Phi) is 4.36. The zero-order valence-electron chi connectivity index (χ0n) is 10.9. The number of ether oxygens (including phenoxy) is 1. The number of halogens is 1. The van der Waals surface area contributed by atoms with Crippen molar-refractivity contribution in [3.8, 4) is 11.5 Å². The van der Waals surface area contributed by atoms with E-state index in [0.29, 0.717) is 29.3 Å². The van der Waals surface area contributed by atoms with Crippen molar-refractivity contribution >= 4 is 11.6 Å². The van der Waals surface area contributed by atoms with Crippen molar-refractivity contribution in [2.45, 2.75) is 38.8 Å². The van der Waals surface area contributed by atoms with E-state index in [9.17, 15) is 5.11 Å². The zero-order chi connectivity index (χ0) is 13.1. The van der Waals surface area contributed by atoms with Gasteiger partial charge in [0.2, 0.25) is 0 Å². The standard InChI is InChI=1S/C14H20ClNO2/c1-9-4-3-5-12(9)16-8-10-6-11(15)7-13(18-2)14(10)17/h6-7,9,12,16-17H,3-5,8H2,1-2H3. The summed E-state index contributed by atoms with van der Waals surface area (Å²) in [5, 5.41) is 14.1. The topological polar surface area (TPSA) is 41.5 Å². The Morgan fingerprint density at radius 1 is 1.44 bits per heavy atom. The summed E-state index contributed by atoms with van der Waals surface area (Å²) < 4.78 is 5.10. The number of benzene rings is 1. The summed E-state index contributed by atoms with van der Waals surface area (Å²) in [6, 6.07) is 3.94. The molecule has 0 saturated heterocycles. The predicted molar refractivity (Wildman–Crippen MR) is 73.3 cm³/mol.